The molecule has 0 aliphatic rings. The van der Waals surface area contributed by atoms with E-state index in [4.69, 9.17) is 9.47 Å². The van der Waals surface area contributed by atoms with Gasteiger partial charge in [0.05, 0.1) is 19.9 Å². The van der Waals surface area contributed by atoms with Gasteiger partial charge in [0, 0.05) is 37.1 Å². The number of thioether (sulfide) groups is 1. The van der Waals surface area contributed by atoms with Gasteiger partial charge in [-0.15, -0.1) is 23.1 Å². The topological polar surface area (TPSA) is 119 Å². The maximum Gasteiger partial charge on any atom is 0.272 e. The van der Waals surface area contributed by atoms with Gasteiger partial charge in [-0.25, -0.2) is 4.98 Å². The summed E-state index contributed by atoms with van der Waals surface area (Å²) in [5, 5.41) is 10.5. The van der Waals surface area contributed by atoms with E-state index in [2.05, 4.69) is 36.9 Å². The second-order valence-corrected chi connectivity index (χ2v) is 14.4. The molecule has 0 fully saturated rings. The van der Waals surface area contributed by atoms with Crippen molar-refractivity contribution < 1.29 is 23.9 Å². The van der Waals surface area contributed by atoms with Gasteiger partial charge < -0.3 is 25.4 Å². The van der Waals surface area contributed by atoms with Crippen LogP contribution in [-0.4, -0.2) is 36.9 Å². The summed E-state index contributed by atoms with van der Waals surface area (Å²) in [5.74, 6) is -0.172. The first-order chi connectivity index (χ1) is 25.8. The van der Waals surface area contributed by atoms with Crippen LogP contribution in [0, 0.1) is 0 Å². The van der Waals surface area contributed by atoms with Crippen molar-refractivity contribution in [2.24, 2.45) is 0 Å². The standard InChI is InChI=1S/C41H33BrN4O5S2/c1-50-32-19-22-36(51-2)29(23-32)24-34(44-38(47)28-11-7-4-8-12-28)39(48)43-31-17-20-33(21-18-31)53-37(27-9-5-3-6-10-27)40(49)46-41-45-35(25-52-41)26-13-15-30(42)16-14-26/h3-25,37H,1-2H3,(H,43,48)(H,44,47)(H,45,46,49)/b34-24-. The van der Waals surface area contributed by atoms with Gasteiger partial charge in [-0.3, -0.25) is 14.4 Å². The molecule has 0 radical (unpaired) electrons. The Bertz CT molecular complexity index is 2230. The molecule has 0 saturated heterocycles. The molecule has 0 aliphatic carbocycles. The molecule has 0 saturated carbocycles. The number of thiazole rings is 1. The summed E-state index contributed by atoms with van der Waals surface area (Å²) in [4.78, 5) is 46.1. The molecule has 266 valence electrons. The summed E-state index contributed by atoms with van der Waals surface area (Å²) in [6.07, 6.45) is 1.54. The van der Waals surface area contributed by atoms with Crippen molar-refractivity contribution in [3.05, 3.63) is 160 Å². The van der Waals surface area contributed by atoms with Gasteiger partial charge in [0.25, 0.3) is 11.8 Å². The number of carbonyl (C=O) groups excluding carboxylic acids is 3. The number of anilines is 2. The van der Waals surface area contributed by atoms with E-state index in [1.165, 1.54) is 36.3 Å². The minimum absolute atomic E-state index is 0.00449. The smallest absolute Gasteiger partial charge is 0.272 e. The van der Waals surface area contributed by atoms with Gasteiger partial charge in [-0.1, -0.05) is 76.6 Å². The van der Waals surface area contributed by atoms with Crippen LogP contribution in [0.5, 0.6) is 11.5 Å². The third-order valence-electron chi connectivity index (χ3n) is 7.85. The Morgan fingerprint density at radius 1 is 0.811 bits per heavy atom. The Morgan fingerprint density at radius 2 is 1.51 bits per heavy atom. The number of hydrogen-bond acceptors (Lipinski definition) is 8. The van der Waals surface area contributed by atoms with Gasteiger partial charge >= 0.3 is 0 Å². The van der Waals surface area contributed by atoms with Crippen LogP contribution in [0.2, 0.25) is 0 Å². The first kappa shape index (κ1) is 37.1. The summed E-state index contributed by atoms with van der Waals surface area (Å²) < 4.78 is 11.8. The number of rotatable bonds is 13. The Labute approximate surface area is 323 Å². The molecule has 9 nitrogen and oxygen atoms in total. The number of halogens is 1. The summed E-state index contributed by atoms with van der Waals surface area (Å²) in [6.45, 7) is 0. The highest BCUT2D eigenvalue weighted by atomic mass is 79.9. The molecular formula is C41H33BrN4O5S2. The first-order valence-electron chi connectivity index (χ1n) is 16.2. The fourth-order valence-electron chi connectivity index (χ4n) is 5.16. The Balaban J connectivity index is 1.19. The Hall–Kier alpha value is -5.69. The van der Waals surface area contributed by atoms with Gasteiger partial charge in [0.1, 0.15) is 22.4 Å². The Morgan fingerprint density at radius 3 is 2.19 bits per heavy atom. The minimum Gasteiger partial charge on any atom is -0.497 e. The van der Waals surface area contributed by atoms with Crippen molar-refractivity contribution in [2.75, 3.05) is 24.9 Å². The van der Waals surface area contributed by atoms with E-state index >= 15 is 0 Å². The first-order valence-corrected chi connectivity index (χ1v) is 18.8. The number of aromatic nitrogens is 1. The zero-order valence-corrected chi connectivity index (χ0v) is 31.8. The van der Waals surface area contributed by atoms with Crippen molar-refractivity contribution in [1.82, 2.24) is 10.3 Å². The van der Waals surface area contributed by atoms with Crippen LogP contribution in [0.25, 0.3) is 17.3 Å². The molecule has 0 spiro atoms. The molecule has 53 heavy (non-hydrogen) atoms. The predicted molar refractivity (Wildman–Crippen MR) is 215 cm³/mol. The molecular weight excluding hydrogens is 773 g/mol. The SMILES string of the molecule is COc1ccc(OC)c(/C=C(\NC(=O)c2ccccc2)C(=O)Nc2ccc(SC(C(=O)Nc3nc(-c4ccc(Br)cc4)cs3)c3ccccc3)cc2)c1. The molecule has 6 aromatic rings. The van der Waals surface area contributed by atoms with Gasteiger partial charge in [-0.2, -0.15) is 0 Å². The van der Waals surface area contributed by atoms with Crippen LogP contribution in [0.15, 0.2) is 148 Å². The molecule has 1 aromatic heterocycles. The van der Waals surface area contributed by atoms with Gasteiger partial charge in [0.15, 0.2) is 5.13 Å². The van der Waals surface area contributed by atoms with Crippen LogP contribution < -0.4 is 25.4 Å². The van der Waals surface area contributed by atoms with Crippen LogP contribution in [0.4, 0.5) is 10.8 Å². The third kappa shape index (κ3) is 9.80. The molecule has 1 unspecified atom stereocenters. The number of hydrogen-bond donors (Lipinski definition) is 3. The highest BCUT2D eigenvalue weighted by Crippen LogP contribution is 2.37. The molecule has 6 rings (SSSR count). The number of benzene rings is 5. The zero-order valence-electron chi connectivity index (χ0n) is 28.5. The van der Waals surface area contributed by atoms with Crippen molar-refractivity contribution in [3.8, 4) is 22.8 Å². The monoisotopic (exact) mass is 804 g/mol. The van der Waals surface area contributed by atoms with Crippen LogP contribution in [0.1, 0.15) is 26.7 Å². The quantitative estimate of drug-likeness (QED) is 0.0787. The number of amides is 3. The average Bonchev–Trinajstić information content (AvgIpc) is 3.66. The lowest BCUT2D eigenvalue weighted by Gasteiger charge is -2.17. The number of methoxy groups -OCH3 is 2. The second kappa shape index (κ2) is 17.7. The minimum atomic E-state index is -0.586. The molecule has 12 heteroatoms. The normalized spacial score (nSPS) is 11.6. The maximum absolute atomic E-state index is 13.7. The fraction of sp³-hybridized carbons (Fsp3) is 0.0732. The predicted octanol–water partition coefficient (Wildman–Crippen LogP) is 9.47. The van der Waals surface area contributed by atoms with E-state index in [0.29, 0.717) is 33.4 Å². The highest BCUT2D eigenvalue weighted by molar-refractivity contribution is 9.10. The van der Waals surface area contributed by atoms with Crippen molar-refractivity contribution in [1.29, 1.82) is 0 Å². The number of nitrogens with one attached hydrogen (secondary N) is 3. The summed E-state index contributed by atoms with van der Waals surface area (Å²) in [6, 6.07) is 38.3. The van der Waals surface area contributed by atoms with Gasteiger partial charge in [0.2, 0.25) is 5.91 Å². The lowest BCUT2D eigenvalue weighted by molar-refractivity contribution is -0.116. The van der Waals surface area contributed by atoms with E-state index in [1.54, 1.807) is 67.8 Å². The van der Waals surface area contributed by atoms with E-state index in [0.717, 1.165) is 26.2 Å². The maximum atomic E-state index is 13.7. The third-order valence-corrected chi connectivity index (χ3v) is 10.4. The molecule has 1 atom stereocenters. The molecule has 3 N–H and O–H groups in total. The number of ether oxygens (including phenoxy) is 2. The summed E-state index contributed by atoms with van der Waals surface area (Å²) in [7, 11) is 3.06. The lowest BCUT2D eigenvalue weighted by atomic mass is 10.1. The molecule has 1 heterocycles. The van der Waals surface area contributed by atoms with Crippen LogP contribution in [-0.2, 0) is 9.59 Å². The largest absolute Gasteiger partial charge is 0.497 e. The van der Waals surface area contributed by atoms with Crippen molar-refractivity contribution >= 4 is 73.6 Å². The summed E-state index contributed by atoms with van der Waals surface area (Å²) >= 11 is 6.20. The average molecular weight is 806 g/mol. The van der Waals surface area contributed by atoms with E-state index in [9.17, 15) is 14.4 Å². The van der Waals surface area contributed by atoms with E-state index in [1.807, 2.05) is 72.1 Å². The zero-order chi connectivity index (χ0) is 37.2. The van der Waals surface area contributed by atoms with Crippen molar-refractivity contribution in [2.45, 2.75) is 10.1 Å². The fourth-order valence-corrected chi connectivity index (χ4v) is 7.17. The number of nitrogens with zero attached hydrogens (tertiary/aromatic N) is 1. The highest BCUT2D eigenvalue weighted by Gasteiger charge is 2.24. The van der Waals surface area contributed by atoms with Crippen LogP contribution in [0.3, 0.4) is 0 Å². The molecule has 5 aromatic carbocycles. The number of carbonyl (C=O) groups is 3. The second-order valence-electron chi connectivity index (χ2n) is 11.4. The van der Waals surface area contributed by atoms with Gasteiger partial charge in [-0.05, 0) is 78.4 Å². The van der Waals surface area contributed by atoms with Crippen molar-refractivity contribution in [3.63, 3.8) is 0 Å². The van der Waals surface area contributed by atoms with E-state index in [-0.39, 0.29) is 11.6 Å². The molecule has 0 bridgehead atoms. The van der Waals surface area contributed by atoms with Crippen LogP contribution >= 0.6 is 39.0 Å². The molecule has 0 aliphatic heterocycles. The molecule has 3 amide bonds. The summed E-state index contributed by atoms with van der Waals surface area (Å²) in [5.41, 5.74) is 3.96. The Kier molecular flexibility index (Phi) is 12.4. The lowest BCUT2D eigenvalue weighted by Crippen LogP contribution is -2.30. The van der Waals surface area contributed by atoms with E-state index < -0.39 is 17.1 Å².